The normalized spacial score (nSPS) is 10.6. The average molecular weight is 605 g/mol. The van der Waals surface area contributed by atoms with Gasteiger partial charge in [-0.1, -0.05) is 42.5 Å². The van der Waals surface area contributed by atoms with Crippen LogP contribution < -0.4 is 26.4 Å². The zero-order valence-corrected chi connectivity index (χ0v) is 25.7. The third kappa shape index (κ3) is 12.4. The number of H-pyrrole nitrogens is 1. The fourth-order valence-corrected chi connectivity index (χ4v) is 3.92. The number of aromatic amines is 1. The Morgan fingerprint density at radius 2 is 1.84 bits per heavy atom. The number of fused-ring (bicyclic) bond motifs is 1. The van der Waals surface area contributed by atoms with E-state index in [4.69, 9.17) is 22.1 Å². The third-order valence-corrected chi connectivity index (χ3v) is 6.52. The standard InChI is InChI=1S/C21H25N5O3.C7H7Cl.C5H9N/c1-29-16-2-3-17-15(13-25-18(17)11-16)6-9-24-21(28)19(26-20(27)12-22)10-14-4-7-23-8-5-14;1-6-2-4-7(8)5-3-6;1-4-5(2)6-3/h2-5,7-8,11,13,19,25H,6,9-10,12,22H2,1H3,(H,24,28)(H,26,27);2-5H,1H3;4,6H,1-2H2,3H3/t19-;;/m0../s1. The number of aryl methyl sites for hydroxylation is 1. The smallest absolute Gasteiger partial charge is 0.242 e. The molecule has 6 N–H and O–H groups in total. The molecule has 2 heterocycles. The minimum absolute atomic E-state index is 0.168. The number of benzene rings is 2. The van der Waals surface area contributed by atoms with Crippen molar-refractivity contribution in [2.24, 2.45) is 5.73 Å². The van der Waals surface area contributed by atoms with E-state index in [0.29, 0.717) is 19.4 Å². The van der Waals surface area contributed by atoms with Crippen LogP contribution in [-0.4, -0.2) is 55.1 Å². The van der Waals surface area contributed by atoms with E-state index in [2.05, 4.69) is 39.1 Å². The number of hydrogen-bond acceptors (Lipinski definition) is 6. The molecule has 228 valence electrons. The van der Waals surface area contributed by atoms with E-state index in [-0.39, 0.29) is 18.4 Å². The summed E-state index contributed by atoms with van der Waals surface area (Å²) in [5, 5.41) is 10.3. The van der Waals surface area contributed by atoms with E-state index in [0.717, 1.165) is 38.5 Å². The van der Waals surface area contributed by atoms with Gasteiger partial charge in [0.15, 0.2) is 0 Å². The van der Waals surface area contributed by atoms with Crippen LogP contribution in [0.2, 0.25) is 5.02 Å². The number of pyridine rings is 1. The molecule has 0 saturated carbocycles. The molecular formula is C33H41ClN6O3. The molecular weight excluding hydrogens is 564 g/mol. The summed E-state index contributed by atoms with van der Waals surface area (Å²) in [7, 11) is 3.44. The van der Waals surface area contributed by atoms with E-state index in [1.54, 1.807) is 25.6 Å². The van der Waals surface area contributed by atoms with Gasteiger partial charge in [0, 0.05) is 66.3 Å². The number of allylic oxidation sites excluding steroid dienone is 1. The Balaban J connectivity index is 0.000000378. The maximum absolute atomic E-state index is 12.7. The van der Waals surface area contributed by atoms with Crippen LogP contribution in [0.15, 0.2) is 98.1 Å². The van der Waals surface area contributed by atoms with Crippen molar-refractivity contribution in [1.29, 1.82) is 0 Å². The molecule has 0 saturated heterocycles. The monoisotopic (exact) mass is 604 g/mol. The van der Waals surface area contributed by atoms with Crippen LogP contribution in [0.4, 0.5) is 0 Å². The quantitative estimate of drug-likeness (QED) is 0.160. The number of aromatic nitrogens is 2. The van der Waals surface area contributed by atoms with Gasteiger partial charge in [-0.2, -0.15) is 0 Å². The highest BCUT2D eigenvalue weighted by Crippen LogP contribution is 2.23. The van der Waals surface area contributed by atoms with Crippen molar-refractivity contribution in [2.75, 3.05) is 27.2 Å². The van der Waals surface area contributed by atoms with Crippen LogP contribution in [0, 0.1) is 6.92 Å². The van der Waals surface area contributed by atoms with Crippen molar-refractivity contribution in [1.82, 2.24) is 25.9 Å². The minimum atomic E-state index is -0.694. The average Bonchev–Trinajstić information content (AvgIpc) is 3.44. The second-order valence-corrected chi connectivity index (χ2v) is 9.86. The molecule has 4 aromatic rings. The van der Waals surface area contributed by atoms with Crippen LogP contribution in [0.25, 0.3) is 10.9 Å². The second kappa shape index (κ2) is 18.8. The molecule has 2 aromatic heterocycles. The topological polar surface area (TPSA) is 134 Å². The second-order valence-electron chi connectivity index (χ2n) is 9.43. The lowest BCUT2D eigenvalue weighted by Crippen LogP contribution is -2.49. The highest BCUT2D eigenvalue weighted by Gasteiger charge is 2.20. The van der Waals surface area contributed by atoms with Gasteiger partial charge >= 0.3 is 0 Å². The van der Waals surface area contributed by atoms with Gasteiger partial charge in [-0.05, 0) is 66.9 Å². The molecule has 0 aliphatic heterocycles. The van der Waals surface area contributed by atoms with E-state index >= 15 is 0 Å². The molecule has 0 unspecified atom stereocenters. The highest BCUT2D eigenvalue weighted by atomic mass is 35.5. The Bertz CT molecular complexity index is 1430. The summed E-state index contributed by atoms with van der Waals surface area (Å²) in [6, 6.07) is 16.5. The van der Waals surface area contributed by atoms with Gasteiger partial charge in [0.2, 0.25) is 11.8 Å². The molecule has 0 aliphatic carbocycles. The van der Waals surface area contributed by atoms with Crippen molar-refractivity contribution >= 4 is 34.3 Å². The molecule has 4 rings (SSSR count). The van der Waals surface area contributed by atoms with Crippen molar-refractivity contribution < 1.29 is 14.3 Å². The summed E-state index contributed by atoms with van der Waals surface area (Å²) < 4.78 is 5.24. The molecule has 1 atom stereocenters. The van der Waals surface area contributed by atoms with Crippen LogP contribution in [0.5, 0.6) is 5.75 Å². The summed E-state index contributed by atoms with van der Waals surface area (Å²) in [5.74, 6) is 0.170. The molecule has 2 aromatic carbocycles. The molecule has 0 radical (unpaired) electrons. The van der Waals surface area contributed by atoms with Crippen LogP contribution >= 0.6 is 11.6 Å². The Labute approximate surface area is 258 Å². The highest BCUT2D eigenvalue weighted by molar-refractivity contribution is 6.30. The van der Waals surface area contributed by atoms with Gasteiger partial charge in [-0.15, -0.1) is 0 Å². The molecule has 0 spiro atoms. The van der Waals surface area contributed by atoms with Crippen molar-refractivity contribution in [3.63, 3.8) is 0 Å². The first kappa shape index (κ1) is 34.6. The lowest BCUT2D eigenvalue weighted by atomic mass is 10.1. The number of hydrogen-bond donors (Lipinski definition) is 5. The first-order chi connectivity index (χ1) is 20.7. The number of carbonyl (C=O) groups is 2. The van der Waals surface area contributed by atoms with Crippen molar-refractivity contribution in [3.8, 4) is 5.75 Å². The van der Waals surface area contributed by atoms with Crippen LogP contribution in [0.3, 0.4) is 0 Å². The fraction of sp³-hybridized carbons (Fsp3) is 0.242. The number of carbonyl (C=O) groups excluding carboxylic acids is 2. The minimum Gasteiger partial charge on any atom is -0.497 e. The van der Waals surface area contributed by atoms with E-state index < -0.39 is 6.04 Å². The molecule has 10 heteroatoms. The van der Waals surface area contributed by atoms with E-state index in [9.17, 15) is 9.59 Å². The number of rotatable bonds is 11. The van der Waals surface area contributed by atoms with Crippen LogP contribution in [0.1, 0.15) is 16.7 Å². The number of nitrogens with one attached hydrogen (secondary N) is 4. The fourth-order valence-electron chi connectivity index (χ4n) is 3.80. The summed E-state index contributed by atoms with van der Waals surface area (Å²) >= 11 is 5.61. The maximum Gasteiger partial charge on any atom is 0.242 e. The summed E-state index contributed by atoms with van der Waals surface area (Å²) in [6.45, 7) is 9.35. The third-order valence-electron chi connectivity index (χ3n) is 6.27. The summed E-state index contributed by atoms with van der Waals surface area (Å²) in [4.78, 5) is 31.6. The maximum atomic E-state index is 12.7. The number of methoxy groups -OCH3 is 1. The lowest BCUT2D eigenvalue weighted by molar-refractivity contribution is -0.128. The molecule has 0 bridgehead atoms. The van der Waals surface area contributed by atoms with Gasteiger partial charge in [0.25, 0.3) is 0 Å². The zero-order chi connectivity index (χ0) is 31.6. The molecule has 43 heavy (non-hydrogen) atoms. The lowest BCUT2D eigenvalue weighted by Gasteiger charge is -2.18. The number of nitrogens with two attached hydrogens (primary N) is 1. The van der Waals surface area contributed by atoms with Gasteiger partial charge < -0.3 is 31.4 Å². The number of nitrogens with zero attached hydrogens (tertiary/aromatic N) is 1. The molecule has 0 fully saturated rings. The molecule has 9 nitrogen and oxygen atoms in total. The first-order valence-corrected chi connectivity index (χ1v) is 14.1. The van der Waals surface area contributed by atoms with Gasteiger partial charge in [0.05, 0.1) is 13.7 Å². The summed E-state index contributed by atoms with van der Waals surface area (Å²) in [6.07, 6.45) is 7.93. The number of amides is 2. The predicted octanol–water partition coefficient (Wildman–Crippen LogP) is 4.47. The van der Waals surface area contributed by atoms with Crippen LogP contribution in [-0.2, 0) is 22.4 Å². The van der Waals surface area contributed by atoms with Crippen molar-refractivity contribution in [3.05, 3.63) is 120 Å². The number of likely N-dealkylation sites (N-methyl/N-ethyl adjacent to an activating group) is 1. The van der Waals surface area contributed by atoms with E-state index in [1.807, 2.05) is 74.8 Å². The van der Waals surface area contributed by atoms with Gasteiger partial charge in [0.1, 0.15) is 11.8 Å². The van der Waals surface area contributed by atoms with Gasteiger partial charge in [-0.25, -0.2) is 0 Å². The van der Waals surface area contributed by atoms with Crippen molar-refractivity contribution in [2.45, 2.75) is 25.8 Å². The zero-order valence-electron chi connectivity index (χ0n) is 25.0. The number of ether oxygens (including phenoxy) is 1. The Kier molecular flexibility index (Phi) is 15.1. The predicted molar refractivity (Wildman–Crippen MR) is 175 cm³/mol. The molecule has 0 aliphatic rings. The number of halogens is 1. The van der Waals surface area contributed by atoms with E-state index in [1.165, 1.54) is 5.56 Å². The largest absolute Gasteiger partial charge is 0.497 e. The SMILES string of the molecule is C=CC(=C)NC.COc1ccc2c(CCNC(=O)[C@H](Cc3ccncc3)NC(=O)CN)c[nH]c2c1.Cc1ccc(Cl)cc1. The van der Waals surface area contributed by atoms with Gasteiger partial charge in [-0.3, -0.25) is 14.6 Å². The Hall–Kier alpha value is -4.60. The first-order valence-electron chi connectivity index (χ1n) is 13.7. The molecule has 2 amide bonds. The Morgan fingerprint density at radius 3 is 2.40 bits per heavy atom. The summed E-state index contributed by atoms with van der Waals surface area (Å²) in [5.41, 5.74) is 10.5. The Morgan fingerprint density at radius 1 is 1.14 bits per heavy atom.